The first-order valence-electron chi connectivity index (χ1n) is 12.1. The number of Topliss-reactive ketones (excluding diaryl/α,β-unsaturated/α-hetero) is 1. The molecule has 2 atom stereocenters. The van der Waals surface area contributed by atoms with Gasteiger partial charge in [0.05, 0.1) is 17.2 Å². The number of rotatable bonds is 4. The summed E-state index contributed by atoms with van der Waals surface area (Å²) in [5.74, 6) is -0.836. The molecule has 6 nitrogen and oxygen atoms in total. The number of hydrogen-bond donors (Lipinski definition) is 0. The summed E-state index contributed by atoms with van der Waals surface area (Å²) in [6.45, 7) is 0. The van der Waals surface area contributed by atoms with Crippen LogP contribution in [0, 0.1) is 5.92 Å². The van der Waals surface area contributed by atoms with Crippen molar-refractivity contribution in [1.29, 1.82) is 0 Å². The number of nitrogens with zero attached hydrogens (tertiary/aromatic N) is 3. The van der Waals surface area contributed by atoms with Crippen molar-refractivity contribution in [1.82, 2.24) is 9.13 Å². The summed E-state index contributed by atoms with van der Waals surface area (Å²) in [5.41, 5.74) is 4.90. The lowest BCUT2D eigenvalue weighted by Gasteiger charge is -2.30. The Bertz CT molecular complexity index is 1660. The van der Waals surface area contributed by atoms with Crippen molar-refractivity contribution in [3.63, 3.8) is 0 Å². The average Bonchev–Trinajstić information content (AvgIpc) is 3.21. The number of fused-ring (bicyclic) bond motifs is 4. The van der Waals surface area contributed by atoms with Gasteiger partial charge in [0.25, 0.3) is 5.56 Å². The maximum absolute atomic E-state index is 13.6. The molecule has 0 unspecified atom stereocenters. The van der Waals surface area contributed by atoms with Crippen molar-refractivity contribution in [2.45, 2.75) is 18.8 Å². The maximum atomic E-state index is 13.6. The molecule has 6 rings (SSSR count). The number of hydrogen-bond acceptors (Lipinski definition) is 4. The summed E-state index contributed by atoms with van der Waals surface area (Å²) in [6, 6.07) is 25.9. The van der Waals surface area contributed by atoms with Gasteiger partial charge in [-0.15, -0.1) is 0 Å². The van der Waals surface area contributed by atoms with Crippen molar-refractivity contribution in [3.8, 4) is 0 Å². The first-order valence-corrected chi connectivity index (χ1v) is 12.1. The Morgan fingerprint density at radius 3 is 2.00 bits per heavy atom. The van der Waals surface area contributed by atoms with Crippen LogP contribution in [0.1, 0.15) is 44.1 Å². The standard InChI is InChI=1S/C30H25N3O3/c1-32-28-25(29(35)33(2)30(32)36)23(24-26(31-28)21-10-6-7-11-22(21)27(24)34)20-16-14-19(15-17-20)13-12-18-8-4-3-5-9-18/h3-11,14-17,23-24H,12-13H2,1-2H3/t23-,24-/m0/s1. The van der Waals surface area contributed by atoms with Crippen molar-refractivity contribution in [2.75, 3.05) is 0 Å². The van der Waals surface area contributed by atoms with E-state index in [0.717, 1.165) is 28.5 Å². The van der Waals surface area contributed by atoms with Crippen molar-refractivity contribution in [3.05, 3.63) is 133 Å². The Morgan fingerprint density at radius 2 is 1.31 bits per heavy atom. The van der Waals surface area contributed by atoms with E-state index in [4.69, 9.17) is 4.99 Å². The first-order chi connectivity index (χ1) is 17.5. The van der Waals surface area contributed by atoms with Crippen LogP contribution >= 0.6 is 0 Å². The van der Waals surface area contributed by atoms with Crippen LogP contribution in [0.3, 0.4) is 0 Å². The minimum absolute atomic E-state index is 0.0379. The zero-order valence-corrected chi connectivity index (χ0v) is 20.1. The molecule has 0 spiro atoms. The molecule has 178 valence electrons. The van der Waals surface area contributed by atoms with E-state index < -0.39 is 23.1 Å². The number of aliphatic imine (C=N–C) groups is 1. The molecule has 0 bridgehead atoms. The van der Waals surface area contributed by atoms with Gasteiger partial charge in [-0.05, 0) is 29.5 Å². The lowest BCUT2D eigenvalue weighted by Crippen LogP contribution is -2.43. The van der Waals surface area contributed by atoms with Crippen LogP contribution in [-0.2, 0) is 26.9 Å². The van der Waals surface area contributed by atoms with Gasteiger partial charge in [0, 0.05) is 31.1 Å². The number of carbonyl (C=O) groups is 1. The van der Waals surface area contributed by atoms with Gasteiger partial charge >= 0.3 is 5.69 Å². The summed E-state index contributed by atoms with van der Waals surface area (Å²) in [4.78, 5) is 44.6. The van der Waals surface area contributed by atoms with Crippen LogP contribution in [0.4, 0.5) is 5.82 Å². The van der Waals surface area contributed by atoms with Gasteiger partial charge in [-0.25, -0.2) is 9.79 Å². The Labute approximate surface area is 208 Å². The van der Waals surface area contributed by atoms with Crippen LogP contribution in [0.2, 0.25) is 0 Å². The molecule has 0 saturated heterocycles. The number of benzene rings is 3. The fourth-order valence-corrected chi connectivity index (χ4v) is 5.55. The largest absolute Gasteiger partial charge is 0.332 e. The van der Waals surface area contributed by atoms with E-state index in [9.17, 15) is 14.4 Å². The number of aromatic nitrogens is 2. The molecular weight excluding hydrogens is 450 g/mol. The van der Waals surface area contributed by atoms with Gasteiger partial charge < -0.3 is 0 Å². The van der Waals surface area contributed by atoms with Gasteiger partial charge in [0.15, 0.2) is 5.78 Å². The molecule has 6 heteroatoms. The second-order valence-electron chi connectivity index (χ2n) is 9.53. The SMILES string of the molecule is Cn1c2c(c(=O)n(C)c1=O)[C@@H](c1ccc(CCc3ccccc3)cc1)[C@@H]1C(=O)c3ccccc3C1=N2. The first kappa shape index (κ1) is 22.2. The molecule has 0 radical (unpaired) electrons. The van der Waals surface area contributed by atoms with E-state index in [1.165, 1.54) is 22.7 Å². The van der Waals surface area contributed by atoms with Crippen LogP contribution in [-0.4, -0.2) is 20.6 Å². The third-order valence-electron chi connectivity index (χ3n) is 7.47. The molecule has 2 aliphatic rings. The molecule has 2 heterocycles. The van der Waals surface area contributed by atoms with Gasteiger partial charge in [-0.2, -0.15) is 0 Å². The molecule has 1 aliphatic heterocycles. The Balaban J connectivity index is 1.47. The van der Waals surface area contributed by atoms with Gasteiger partial charge in [0.2, 0.25) is 0 Å². The summed E-state index contributed by atoms with van der Waals surface area (Å²) >= 11 is 0. The van der Waals surface area contributed by atoms with E-state index in [2.05, 4.69) is 24.3 Å². The van der Waals surface area contributed by atoms with E-state index in [1.807, 2.05) is 54.6 Å². The third kappa shape index (κ3) is 3.33. The molecule has 1 aromatic heterocycles. The van der Waals surface area contributed by atoms with Crippen LogP contribution in [0.15, 0.2) is 93.4 Å². The van der Waals surface area contributed by atoms with E-state index >= 15 is 0 Å². The minimum atomic E-state index is -0.602. The zero-order valence-electron chi connectivity index (χ0n) is 20.1. The average molecular weight is 476 g/mol. The molecule has 0 amide bonds. The number of aryl methyl sites for hydroxylation is 2. The molecule has 0 N–H and O–H groups in total. The summed E-state index contributed by atoms with van der Waals surface area (Å²) < 4.78 is 2.51. The highest BCUT2D eigenvalue weighted by Crippen LogP contribution is 2.46. The molecule has 1 aliphatic carbocycles. The second-order valence-corrected chi connectivity index (χ2v) is 9.53. The van der Waals surface area contributed by atoms with E-state index in [0.29, 0.717) is 22.7 Å². The Morgan fingerprint density at radius 1 is 0.694 bits per heavy atom. The molecule has 0 fully saturated rings. The van der Waals surface area contributed by atoms with Crippen molar-refractivity contribution >= 4 is 17.3 Å². The van der Waals surface area contributed by atoms with Gasteiger partial charge in [0.1, 0.15) is 5.82 Å². The summed E-state index contributed by atoms with van der Waals surface area (Å²) in [6.07, 6.45) is 1.82. The van der Waals surface area contributed by atoms with E-state index in [-0.39, 0.29) is 5.78 Å². The van der Waals surface area contributed by atoms with Crippen molar-refractivity contribution in [2.24, 2.45) is 25.0 Å². The van der Waals surface area contributed by atoms with Gasteiger partial charge in [-0.3, -0.25) is 18.7 Å². The highest BCUT2D eigenvalue weighted by Gasteiger charge is 2.47. The normalized spacial score (nSPS) is 17.8. The third-order valence-corrected chi connectivity index (χ3v) is 7.47. The van der Waals surface area contributed by atoms with Crippen molar-refractivity contribution < 1.29 is 4.79 Å². The smallest absolute Gasteiger partial charge is 0.293 e. The summed E-state index contributed by atoms with van der Waals surface area (Å²) in [7, 11) is 3.09. The topological polar surface area (TPSA) is 73.4 Å². The van der Waals surface area contributed by atoms with Gasteiger partial charge in [-0.1, -0.05) is 78.9 Å². The fourth-order valence-electron chi connectivity index (χ4n) is 5.55. The lowest BCUT2D eigenvalue weighted by atomic mass is 9.76. The highest BCUT2D eigenvalue weighted by atomic mass is 16.2. The number of ketones is 1. The molecule has 36 heavy (non-hydrogen) atoms. The predicted molar refractivity (Wildman–Crippen MR) is 140 cm³/mol. The number of carbonyl (C=O) groups excluding carboxylic acids is 1. The zero-order chi connectivity index (χ0) is 25.0. The fraction of sp³-hybridized carbons (Fsp3) is 0.200. The lowest BCUT2D eigenvalue weighted by molar-refractivity contribution is 0.0953. The molecule has 3 aromatic carbocycles. The van der Waals surface area contributed by atoms with Crippen LogP contribution < -0.4 is 11.2 Å². The second kappa shape index (κ2) is 8.41. The highest BCUT2D eigenvalue weighted by molar-refractivity contribution is 6.30. The Kier molecular flexibility index (Phi) is 5.18. The summed E-state index contributed by atoms with van der Waals surface area (Å²) in [5, 5.41) is 0. The quantitative estimate of drug-likeness (QED) is 0.449. The van der Waals surface area contributed by atoms with E-state index in [1.54, 1.807) is 7.05 Å². The van der Waals surface area contributed by atoms with Crippen LogP contribution in [0.25, 0.3) is 0 Å². The maximum Gasteiger partial charge on any atom is 0.332 e. The molecular formula is C30H25N3O3. The molecule has 0 saturated carbocycles. The Hall–Kier alpha value is -4.32. The molecule has 4 aromatic rings. The monoisotopic (exact) mass is 475 g/mol. The minimum Gasteiger partial charge on any atom is -0.293 e. The predicted octanol–water partition coefficient (Wildman–Crippen LogP) is 3.95. The van der Waals surface area contributed by atoms with Crippen LogP contribution in [0.5, 0.6) is 0 Å².